The van der Waals surface area contributed by atoms with E-state index in [0.717, 1.165) is 4.88 Å². The van der Waals surface area contributed by atoms with Crippen LogP contribution >= 0.6 is 11.3 Å². The summed E-state index contributed by atoms with van der Waals surface area (Å²) >= 11 is 1.62. The lowest BCUT2D eigenvalue weighted by Gasteiger charge is -2.19. The molecule has 1 aliphatic heterocycles. The highest BCUT2D eigenvalue weighted by Gasteiger charge is 2.36. The van der Waals surface area contributed by atoms with Crippen molar-refractivity contribution in [3.63, 3.8) is 0 Å². The summed E-state index contributed by atoms with van der Waals surface area (Å²) in [4.78, 5) is 1.15. The molecule has 1 aromatic rings. The molecular weight excluding hydrogens is 246 g/mol. The Labute approximate surface area is 99.2 Å². The highest BCUT2D eigenvalue weighted by atomic mass is 32.2. The molecule has 2 N–H and O–H groups in total. The largest absolute Gasteiger partial charge is 0.390 e. The van der Waals surface area contributed by atoms with Crippen LogP contribution in [0, 0.1) is 0 Å². The van der Waals surface area contributed by atoms with Crippen LogP contribution in [0.3, 0.4) is 0 Å². The highest BCUT2D eigenvalue weighted by Crippen LogP contribution is 2.21. The van der Waals surface area contributed by atoms with E-state index in [1.165, 1.54) is 0 Å². The standard InChI is InChI=1S/C10H15NO3S2/c1-7(10-3-2-4-15-10)11-8-5-16(13,14)6-9(8)12/h2-4,7-9,11-12H,5-6H2,1H3/t7-,8?,9?/m1/s1. The number of aliphatic hydroxyl groups excluding tert-OH is 1. The third kappa shape index (κ3) is 2.63. The van der Waals surface area contributed by atoms with E-state index >= 15 is 0 Å². The van der Waals surface area contributed by atoms with Gasteiger partial charge in [-0.2, -0.15) is 0 Å². The maximum atomic E-state index is 11.3. The summed E-state index contributed by atoms with van der Waals surface area (Å²) in [5.74, 6) is -0.0916. The maximum Gasteiger partial charge on any atom is 0.154 e. The number of hydrogen-bond acceptors (Lipinski definition) is 5. The van der Waals surface area contributed by atoms with E-state index in [1.807, 2.05) is 24.4 Å². The van der Waals surface area contributed by atoms with E-state index in [0.29, 0.717) is 0 Å². The minimum absolute atomic E-state index is 0.0316. The first-order chi connectivity index (χ1) is 7.48. The van der Waals surface area contributed by atoms with Gasteiger partial charge in [-0.1, -0.05) is 6.07 Å². The second-order valence-electron chi connectivity index (χ2n) is 4.15. The Hall–Kier alpha value is -0.430. The van der Waals surface area contributed by atoms with Gasteiger partial charge in [0, 0.05) is 17.0 Å². The Morgan fingerprint density at radius 3 is 2.81 bits per heavy atom. The van der Waals surface area contributed by atoms with Crippen molar-refractivity contribution in [2.75, 3.05) is 11.5 Å². The molecule has 2 unspecified atom stereocenters. The van der Waals surface area contributed by atoms with Gasteiger partial charge >= 0.3 is 0 Å². The molecule has 1 aromatic heterocycles. The summed E-state index contributed by atoms with van der Waals surface area (Å²) < 4.78 is 22.6. The predicted molar refractivity (Wildman–Crippen MR) is 64.3 cm³/mol. The van der Waals surface area contributed by atoms with Crippen LogP contribution in [0.4, 0.5) is 0 Å². The van der Waals surface area contributed by atoms with Crippen LogP contribution in [0.2, 0.25) is 0 Å². The fourth-order valence-corrected chi connectivity index (χ4v) is 4.43. The Balaban J connectivity index is 2.01. The molecule has 0 saturated carbocycles. The third-order valence-corrected chi connectivity index (χ3v) is 5.53. The molecule has 0 aromatic carbocycles. The van der Waals surface area contributed by atoms with Crippen LogP contribution in [0.15, 0.2) is 17.5 Å². The van der Waals surface area contributed by atoms with Crippen molar-refractivity contribution in [3.05, 3.63) is 22.4 Å². The molecule has 2 rings (SSSR count). The quantitative estimate of drug-likeness (QED) is 0.834. The van der Waals surface area contributed by atoms with Crippen LogP contribution in [-0.4, -0.2) is 37.2 Å². The molecular formula is C10H15NO3S2. The second-order valence-corrected chi connectivity index (χ2v) is 7.29. The van der Waals surface area contributed by atoms with Crippen molar-refractivity contribution in [2.24, 2.45) is 0 Å². The predicted octanol–water partition coefficient (Wildman–Crippen LogP) is 0.557. The summed E-state index contributed by atoms with van der Waals surface area (Å²) in [5, 5.41) is 14.8. The molecule has 6 heteroatoms. The zero-order valence-electron chi connectivity index (χ0n) is 8.96. The first-order valence-electron chi connectivity index (χ1n) is 5.16. The maximum absolute atomic E-state index is 11.3. The molecule has 4 nitrogen and oxygen atoms in total. The minimum Gasteiger partial charge on any atom is -0.390 e. The van der Waals surface area contributed by atoms with Gasteiger partial charge in [0.1, 0.15) is 0 Å². The molecule has 0 bridgehead atoms. The monoisotopic (exact) mass is 261 g/mol. The highest BCUT2D eigenvalue weighted by molar-refractivity contribution is 7.91. The molecule has 0 aliphatic carbocycles. The van der Waals surface area contributed by atoms with Gasteiger partial charge in [-0.15, -0.1) is 11.3 Å². The van der Waals surface area contributed by atoms with Crippen LogP contribution in [0.25, 0.3) is 0 Å². The van der Waals surface area contributed by atoms with Crippen molar-refractivity contribution in [1.82, 2.24) is 5.32 Å². The molecule has 0 spiro atoms. The van der Waals surface area contributed by atoms with E-state index in [4.69, 9.17) is 0 Å². The molecule has 3 atom stereocenters. The van der Waals surface area contributed by atoms with E-state index < -0.39 is 15.9 Å². The van der Waals surface area contributed by atoms with E-state index in [9.17, 15) is 13.5 Å². The normalized spacial score (nSPS) is 30.4. The van der Waals surface area contributed by atoms with Crippen molar-refractivity contribution in [2.45, 2.75) is 25.1 Å². The van der Waals surface area contributed by atoms with Gasteiger partial charge in [0.2, 0.25) is 0 Å². The van der Waals surface area contributed by atoms with Crippen molar-refractivity contribution in [3.8, 4) is 0 Å². The Kier molecular flexibility index (Phi) is 3.34. The van der Waals surface area contributed by atoms with Gasteiger partial charge in [-0.3, -0.25) is 0 Å². The van der Waals surface area contributed by atoms with Crippen LogP contribution < -0.4 is 5.32 Å². The van der Waals surface area contributed by atoms with Crippen LogP contribution in [0.1, 0.15) is 17.8 Å². The summed E-state index contributed by atoms with van der Waals surface area (Å²) in [6.45, 7) is 1.98. The first-order valence-corrected chi connectivity index (χ1v) is 7.86. The number of aliphatic hydroxyl groups is 1. The molecule has 0 amide bonds. The first kappa shape index (κ1) is 12.0. The fraction of sp³-hybridized carbons (Fsp3) is 0.600. The smallest absolute Gasteiger partial charge is 0.154 e. The van der Waals surface area contributed by atoms with Gasteiger partial charge in [0.15, 0.2) is 9.84 Å². The topological polar surface area (TPSA) is 66.4 Å². The molecule has 1 fully saturated rings. The Bertz CT molecular complexity index is 441. The van der Waals surface area contributed by atoms with Gasteiger partial charge < -0.3 is 10.4 Å². The summed E-state index contributed by atoms with van der Waals surface area (Å²) in [7, 11) is -3.07. The lowest BCUT2D eigenvalue weighted by Crippen LogP contribution is -2.40. The summed E-state index contributed by atoms with van der Waals surface area (Å²) in [5.41, 5.74) is 0. The minimum atomic E-state index is -3.07. The van der Waals surface area contributed by atoms with E-state index in [-0.39, 0.29) is 23.6 Å². The van der Waals surface area contributed by atoms with Crippen molar-refractivity contribution in [1.29, 1.82) is 0 Å². The number of nitrogens with one attached hydrogen (secondary N) is 1. The summed E-state index contributed by atoms with van der Waals surface area (Å²) in [6, 6.07) is 3.69. The molecule has 16 heavy (non-hydrogen) atoms. The third-order valence-electron chi connectivity index (χ3n) is 2.76. The second kappa shape index (κ2) is 4.44. The van der Waals surface area contributed by atoms with Crippen molar-refractivity contribution >= 4 is 21.2 Å². The molecule has 1 aliphatic rings. The van der Waals surface area contributed by atoms with Gasteiger partial charge in [0.25, 0.3) is 0 Å². The summed E-state index contributed by atoms with van der Waals surface area (Å²) in [6.07, 6.45) is -0.785. The average Bonchev–Trinajstić information content (AvgIpc) is 2.74. The Morgan fingerprint density at radius 2 is 2.31 bits per heavy atom. The molecule has 1 saturated heterocycles. The zero-order valence-corrected chi connectivity index (χ0v) is 10.6. The lowest BCUT2D eigenvalue weighted by molar-refractivity contribution is 0.160. The van der Waals surface area contributed by atoms with Crippen molar-refractivity contribution < 1.29 is 13.5 Å². The molecule has 0 radical (unpaired) electrons. The van der Waals surface area contributed by atoms with E-state index in [2.05, 4.69) is 5.32 Å². The van der Waals surface area contributed by atoms with Gasteiger partial charge in [-0.05, 0) is 18.4 Å². The van der Waals surface area contributed by atoms with Crippen LogP contribution in [-0.2, 0) is 9.84 Å². The fourth-order valence-electron chi connectivity index (χ4n) is 1.93. The Morgan fingerprint density at radius 1 is 1.56 bits per heavy atom. The van der Waals surface area contributed by atoms with Gasteiger partial charge in [-0.25, -0.2) is 8.42 Å². The SMILES string of the molecule is C[C@@H](NC1CS(=O)(=O)CC1O)c1cccs1. The number of rotatable bonds is 3. The van der Waals surface area contributed by atoms with Crippen LogP contribution in [0.5, 0.6) is 0 Å². The number of hydrogen-bond donors (Lipinski definition) is 2. The molecule has 90 valence electrons. The number of sulfone groups is 1. The lowest BCUT2D eigenvalue weighted by atomic mass is 10.1. The molecule has 2 heterocycles. The zero-order chi connectivity index (χ0) is 11.8. The average molecular weight is 261 g/mol. The van der Waals surface area contributed by atoms with E-state index in [1.54, 1.807) is 11.3 Å². The number of thiophene rings is 1. The van der Waals surface area contributed by atoms with Gasteiger partial charge in [0.05, 0.1) is 17.6 Å².